The molecular formula is C22H27ClN4O. The van der Waals surface area contributed by atoms with Crippen molar-refractivity contribution in [3.63, 3.8) is 0 Å². The molecule has 5 nitrogen and oxygen atoms in total. The molecule has 0 bridgehead atoms. The molecule has 4 rings (SSSR count). The van der Waals surface area contributed by atoms with Gasteiger partial charge in [0.15, 0.2) is 0 Å². The molecule has 2 aromatic rings. The molecule has 2 aliphatic rings. The van der Waals surface area contributed by atoms with Crippen molar-refractivity contribution in [2.24, 2.45) is 0 Å². The van der Waals surface area contributed by atoms with Crippen molar-refractivity contribution in [2.75, 3.05) is 49.1 Å². The Morgan fingerprint density at radius 2 is 1.39 bits per heavy atom. The molecule has 2 amide bonds. The summed E-state index contributed by atoms with van der Waals surface area (Å²) in [5, 5.41) is 3.67. The van der Waals surface area contributed by atoms with Gasteiger partial charge in [0.2, 0.25) is 0 Å². The van der Waals surface area contributed by atoms with Crippen molar-refractivity contribution in [2.45, 2.75) is 19.4 Å². The lowest BCUT2D eigenvalue weighted by molar-refractivity contribution is 0.194. The molecule has 0 unspecified atom stereocenters. The van der Waals surface area contributed by atoms with Crippen LogP contribution in [0.4, 0.5) is 16.2 Å². The number of nitrogens with one attached hydrogen (secondary N) is 1. The van der Waals surface area contributed by atoms with Crippen LogP contribution in [0.3, 0.4) is 0 Å². The van der Waals surface area contributed by atoms with Gasteiger partial charge in [0, 0.05) is 62.2 Å². The van der Waals surface area contributed by atoms with Gasteiger partial charge >= 0.3 is 6.03 Å². The minimum absolute atomic E-state index is 0.0241. The van der Waals surface area contributed by atoms with E-state index in [0.29, 0.717) is 11.6 Å². The smallest absolute Gasteiger partial charge is 0.317 e. The monoisotopic (exact) mass is 398 g/mol. The van der Waals surface area contributed by atoms with E-state index in [1.54, 1.807) is 0 Å². The van der Waals surface area contributed by atoms with Crippen molar-refractivity contribution >= 4 is 29.0 Å². The maximum absolute atomic E-state index is 12.5. The Labute approximate surface area is 171 Å². The SMILES string of the molecule is O=C(NCc1ccccc1Cl)N1CCN(c2ccc(N3CCCC3)cc2)CC1. The topological polar surface area (TPSA) is 38.8 Å². The third kappa shape index (κ3) is 4.36. The van der Waals surface area contributed by atoms with Crippen LogP contribution < -0.4 is 15.1 Å². The van der Waals surface area contributed by atoms with Gasteiger partial charge in [-0.25, -0.2) is 4.79 Å². The highest BCUT2D eigenvalue weighted by Crippen LogP contribution is 2.24. The molecule has 2 heterocycles. The summed E-state index contributed by atoms with van der Waals surface area (Å²) in [6.07, 6.45) is 2.59. The van der Waals surface area contributed by atoms with E-state index in [0.717, 1.165) is 31.7 Å². The van der Waals surface area contributed by atoms with Crippen LogP contribution in [0, 0.1) is 0 Å². The van der Waals surface area contributed by atoms with Crippen LogP contribution in [0.2, 0.25) is 5.02 Å². The Balaban J connectivity index is 1.27. The van der Waals surface area contributed by atoms with Crippen LogP contribution in [-0.4, -0.2) is 50.2 Å². The minimum Gasteiger partial charge on any atom is -0.372 e. The number of nitrogens with zero attached hydrogens (tertiary/aromatic N) is 3. The highest BCUT2D eigenvalue weighted by Gasteiger charge is 2.21. The lowest BCUT2D eigenvalue weighted by Crippen LogP contribution is -2.51. The number of amides is 2. The first-order valence-corrected chi connectivity index (χ1v) is 10.4. The highest BCUT2D eigenvalue weighted by atomic mass is 35.5. The second kappa shape index (κ2) is 8.74. The van der Waals surface area contributed by atoms with Crippen LogP contribution in [0.15, 0.2) is 48.5 Å². The molecule has 0 spiro atoms. The molecule has 6 heteroatoms. The summed E-state index contributed by atoms with van der Waals surface area (Å²) in [7, 11) is 0. The fourth-order valence-corrected chi connectivity index (χ4v) is 4.14. The van der Waals surface area contributed by atoms with Gasteiger partial charge in [0.05, 0.1) is 0 Å². The van der Waals surface area contributed by atoms with Gasteiger partial charge in [-0.05, 0) is 48.7 Å². The van der Waals surface area contributed by atoms with E-state index < -0.39 is 0 Å². The first kappa shape index (κ1) is 18.9. The molecule has 28 heavy (non-hydrogen) atoms. The number of carbonyl (C=O) groups is 1. The maximum atomic E-state index is 12.5. The highest BCUT2D eigenvalue weighted by molar-refractivity contribution is 6.31. The zero-order chi connectivity index (χ0) is 19.3. The van der Waals surface area contributed by atoms with Gasteiger partial charge < -0.3 is 20.0 Å². The Kier molecular flexibility index (Phi) is 5.91. The Morgan fingerprint density at radius 1 is 0.821 bits per heavy atom. The quantitative estimate of drug-likeness (QED) is 0.846. The second-order valence-corrected chi connectivity index (χ2v) is 7.84. The third-order valence-electron chi connectivity index (χ3n) is 5.64. The molecule has 0 atom stereocenters. The predicted octanol–water partition coefficient (Wildman–Crippen LogP) is 3.97. The molecular weight excluding hydrogens is 372 g/mol. The minimum atomic E-state index is -0.0241. The summed E-state index contributed by atoms with van der Waals surface area (Å²) in [5.41, 5.74) is 3.49. The summed E-state index contributed by atoms with van der Waals surface area (Å²) < 4.78 is 0. The number of urea groups is 1. The van der Waals surface area contributed by atoms with Gasteiger partial charge in [0.1, 0.15) is 0 Å². The Bertz CT molecular complexity index is 796. The maximum Gasteiger partial charge on any atom is 0.317 e. The van der Waals surface area contributed by atoms with Crippen molar-refractivity contribution in [1.29, 1.82) is 0 Å². The molecule has 0 aliphatic carbocycles. The molecule has 0 radical (unpaired) electrons. The van der Waals surface area contributed by atoms with Gasteiger partial charge in [0.25, 0.3) is 0 Å². The van der Waals surface area contributed by atoms with Crippen LogP contribution in [0.1, 0.15) is 18.4 Å². The van der Waals surface area contributed by atoms with Crippen molar-refractivity contribution in [3.05, 3.63) is 59.1 Å². The van der Waals surface area contributed by atoms with Crippen LogP contribution in [0.5, 0.6) is 0 Å². The fraction of sp³-hybridized carbons (Fsp3) is 0.409. The van der Waals surface area contributed by atoms with Crippen molar-refractivity contribution in [1.82, 2.24) is 10.2 Å². The Morgan fingerprint density at radius 3 is 2.00 bits per heavy atom. The molecule has 148 valence electrons. The molecule has 0 saturated carbocycles. The summed E-state index contributed by atoms with van der Waals surface area (Å²) in [5.74, 6) is 0. The summed E-state index contributed by atoms with van der Waals surface area (Å²) in [4.78, 5) is 19.1. The summed E-state index contributed by atoms with van der Waals surface area (Å²) in [6, 6.07) is 16.5. The zero-order valence-corrected chi connectivity index (χ0v) is 16.9. The third-order valence-corrected chi connectivity index (χ3v) is 6.01. The van der Waals surface area contributed by atoms with Crippen LogP contribution >= 0.6 is 11.6 Å². The molecule has 2 saturated heterocycles. The van der Waals surface area contributed by atoms with E-state index >= 15 is 0 Å². The van der Waals surface area contributed by atoms with E-state index in [4.69, 9.17) is 11.6 Å². The van der Waals surface area contributed by atoms with Crippen LogP contribution in [-0.2, 0) is 6.54 Å². The standard InChI is InChI=1S/C22H27ClN4O/c23-21-6-2-1-5-18(21)17-24-22(28)27-15-13-26(14-16-27)20-9-7-19(8-10-20)25-11-3-4-12-25/h1-2,5-10H,3-4,11-17H2,(H,24,28). The largest absolute Gasteiger partial charge is 0.372 e. The van der Waals surface area contributed by atoms with Gasteiger partial charge in [-0.3, -0.25) is 0 Å². The van der Waals surface area contributed by atoms with E-state index in [1.165, 1.54) is 37.3 Å². The number of carbonyl (C=O) groups excluding carboxylic acids is 1. The van der Waals surface area contributed by atoms with Crippen LogP contribution in [0.25, 0.3) is 0 Å². The van der Waals surface area contributed by atoms with Crippen molar-refractivity contribution in [3.8, 4) is 0 Å². The van der Waals surface area contributed by atoms with Crippen molar-refractivity contribution < 1.29 is 4.79 Å². The molecule has 0 aromatic heterocycles. The summed E-state index contributed by atoms with van der Waals surface area (Å²) >= 11 is 6.16. The Hall–Kier alpha value is -2.40. The fourth-order valence-electron chi connectivity index (χ4n) is 3.94. The number of piperazine rings is 1. The number of rotatable bonds is 4. The molecule has 2 aliphatic heterocycles. The normalized spacial score (nSPS) is 17.1. The second-order valence-electron chi connectivity index (χ2n) is 7.43. The molecule has 2 aromatic carbocycles. The average molecular weight is 399 g/mol. The van der Waals surface area contributed by atoms with Gasteiger partial charge in [-0.1, -0.05) is 29.8 Å². The molecule has 2 fully saturated rings. The van der Waals surface area contributed by atoms with Gasteiger partial charge in [-0.15, -0.1) is 0 Å². The molecule has 1 N–H and O–H groups in total. The number of anilines is 2. The summed E-state index contributed by atoms with van der Waals surface area (Å²) in [6.45, 7) is 5.94. The average Bonchev–Trinajstić information content (AvgIpc) is 3.28. The number of hydrogen-bond donors (Lipinski definition) is 1. The number of benzene rings is 2. The van der Waals surface area contributed by atoms with E-state index in [1.807, 2.05) is 29.2 Å². The number of hydrogen-bond acceptors (Lipinski definition) is 3. The zero-order valence-electron chi connectivity index (χ0n) is 16.1. The lowest BCUT2D eigenvalue weighted by atomic mass is 10.2. The number of halogens is 1. The van der Waals surface area contributed by atoms with E-state index in [9.17, 15) is 4.79 Å². The van der Waals surface area contributed by atoms with Gasteiger partial charge in [-0.2, -0.15) is 0 Å². The lowest BCUT2D eigenvalue weighted by Gasteiger charge is -2.36. The van der Waals surface area contributed by atoms with E-state index in [2.05, 4.69) is 39.4 Å². The first-order chi connectivity index (χ1) is 13.7. The van der Waals surface area contributed by atoms with E-state index in [-0.39, 0.29) is 6.03 Å². The first-order valence-electron chi connectivity index (χ1n) is 10.1. The predicted molar refractivity (Wildman–Crippen MR) is 115 cm³/mol.